The lowest BCUT2D eigenvalue weighted by Crippen LogP contribution is -2.45. The van der Waals surface area contributed by atoms with Gasteiger partial charge < -0.3 is 9.64 Å². The molecule has 0 aromatic heterocycles. The highest BCUT2D eigenvalue weighted by molar-refractivity contribution is 7.99. The molecule has 0 radical (unpaired) electrons. The second kappa shape index (κ2) is 7.38. The van der Waals surface area contributed by atoms with Gasteiger partial charge in [0.1, 0.15) is 0 Å². The van der Waals surface area contributed by atoms with Gasteiger partial charge in [0.25, 0.3) is 5.91 Å². The first kappa shape index (κ1) is 15.7. The number of hydrogen-bond acceptors (Lipinski definition) is 3. The summed E-state index contributed by atoms with van der Waals surface area (Å²) >= 11 is 8.29. The summed E-state index contributed by atoms with van der Waals surface area (Å²) < 4.78 is 5.76. The second-order valence-electron chi connectivity index (χ2n) is 6.20. The van der Waals surface area contributed by atoms with Crippen molar-refractivity contribution < 1.29 is 9.53 Å². The Morgan fingerprint density at radius 2 is 2.14 bits per heavy atom. The first-order chi connectivity index (χ1) is 10.3. The van der Waals surface area contributed by atoms with E-state index < -0.39 is 0 Å². The summed E-state index contributed by atoms with van der Waals surface area (Å²) in [5.41, 5.74) is 0.873. The maximum Gasteiger partial charge on any atom is 0.251 e. The molecule has 2 fully saturated rings. The van der Waals surface area contributed by atoms with E-state index in [0.717, 1.165) is 80.2 Å². The zero-order chi connectivity index (χ0) is 14.7. The van der Waals surface area contributed by atoms with Crippen molar-refractivity contribution in [2.75, 3.05) is 24.7 Å². The van der Waals surface area contributed by atoms with Crippen LogP contribution in [0, 0.1) is 0 Å². The molecule has 3 nitrogen and oxygen atoms in total. The molecule has 0 N–H and O–H groups in total. The highest BCUT2D eigenvalue weighted by Gasteiger charge is 2.33. The Balaban J connectivity index is 1.74. The summed E-state index contributed by atoms with van der Waals surface area (Å²) in [7, 11) is 0. The van der Waals surface area contributed by atoms with Crippen molar-refractivity contribution in [1.82, 2.24) is 4.90 Å². The lowest BCUT2D eigenvalue weighted by molar-refractivity contribution is -0.131. The number of allylic oxidation sites excluding steroid dienone is 1. The molecule has 3 rings (SSSR count). The number of nitrogens with zero attached hydrogens (tertiary/aromatic N) is 1. The fraction of sp³-hybridized carbons (Fsp3) is 0.812. The molecule has 2 aliphatic heterocycles. The summed E-state index contributed by atoms with van der Waals surface area (Å²) in [6, 6.07) is 0.366. The van der Waals surface area contributed by atoms with Crippen molar-refractivity contribution >= 4 is 29.3 Å². The van der Waals surface area contributed by atoms with Gasteiger partial charge in [-0.05, 0) is 50.7 Å². The minimum Gasteiger partial charge on any atom is -0.376 e. The Hall–Kier alpha value is -0.190. The van der Waals surface area contributed by atoms with Crippen LogP contribution in [0.25, 0.3) is 0 Å². The molecule has 0 saturated carbocycles. The van der Waals surface area contributed by atoms with Gasteiger partial charge in [-0.1, -0.05) is 11.6 Å². The molecule has 2 saturated heterocycles. The van der Waals surface area contributed by atoms with Crippen molar-refractivity contribution in [3.05, 3.63) is 10.6 Å². The fourth-order valence-electron chi connectivity index (χ4n) is 3.44. The molecule has 0 unspecified atom stereocenters. The second-order valence-corrected chi connectivity index (χ2v) is 7.81. The molecule has 118 valence electrons. The predicted octanol–water partition coefficient (Wildman–Crippen LogP) is 3.57. The minimum atomic E-state index is 0.183. The standard InChI is InChI=1S/C16H24ClNO2S/c17-15-6-2-1-5-14(15)16(19)18(12-7-9-21-11-12)10-13-4-3-8-20-13/h12-13H,1-11H2/t12-,13-/m1/s1. The van der Waals surface area contributed by atoms with Gasteiger partial charge in [0.2, 0.25) is 0 Å². The Morgan fingerprint density at radius 1 is 1.29 bits per heavy atom. The van der Waals surface area contributed by atoms with Crippen LogP contribution in [0.3, 0.4) is 0 Å². The van der Waals surface area contributed by atoms with Gasteiger partial charge in [0.05, 0.1) is 6.10 Å². The molecular formula is C16H24ClNO2S. The number of halogens is 1. The summed E-state index contributed by atoms with van der Waals surface area (Å²) in [6.45, 7) is 1.59. The van der Waals surface area contributed by atoms with Crippen LogP contribution in [0.4, 0.5) is 0 Å². The van der Waals surface area contributed by atoms with Gasteiger partial charge in [-0.2, -0.15) is 11.8 Å². The fourth-order valence-corrected chi connectivity index (χ4v) is 4.97. The Labute approximate surface area is 136 Å². The first-order valence-electron chi connectivity index (χ1n) is 8.13. The van der Waals surface area contributed by atoms with E-state index in [4.69, 9.17) is 16.3 Å². The van der Waals surface area contributed by atoms with Gasteiger partial charge in [0.15, 0.2) is 0 Å². The smallest absolute Gasteiger partial charge is 0.251 e. The van der Waals surface area contributed by atoms with Gasteiger partial charge in [-0.25, -0.2) is 0 Å². The van der Waals surface area contributed by atoms with E-state index in [9.17, 15) is 4.79 Å². The first-order valence-corrected chi connectivity index (χ1v) is 9.67. The SMILES string of the molecule is O=C(C1=C(Cl)CCCC1)N(C[C@H]1CCCO1)[C@@H]1CCSC1. The maximum absolute atomic E-state index is 13.0. The van der Waals surface area contributed by atoms with Crippen molar-refractivity contribution in [2.24, 2.45) is 0 Å². The van der Waals surface area contributed by atoms with E-state index in [1.807, 2.05) is 11.8 Å². The molecule has 5 heteroatoms. The Bertz CT molecular complexity index is 415. The molecule has 0 bridgehead atoms. The van der Waals surface area contributed by atoms with Gasteiger partial charge >= 0.3 is 0 Å². The topological polar surface area (TPSA) is 29.5 Å². The number of ether oxygens (including phenoxy) is 1. The molecular weight excluding hydrogens is 306 g/mol. The molecule has 1 amide bonds. The van der Waals surface area contributed by atoms with Crippen LogP contribution in [0.15, 0.2) is 10.6 Å². The van der Waals surface area contributed by atoms with Crippen molar-refractivity contribution in [3.8, 4) is 0 Å². The lowest BCUT2D eigenvalue weighted by Gasteiger charge is -2.32. The molecule has 2 atom stereocenters. The number of thioether (sulfide) groups is 1. The zero-order valence-electron chi connectivity index (χ0n) is 12.5. The van der Waals surface area contributed by atoms with E-state index in [1.54, 1.807) is 0 Å². The molecule has 0 aromatic rings. The van der Waals surface area contributed by atoms with E-state index in [1.165, 1.54) is 0 Å². The summed E-state index contributed by atoms with van der Waals surface area (Å²) in [4.78, 5) is 15.1. The predicted molar refractivity (Wildman–Crippen MR) is 87.8 cm³/mol. The summed E-state index contributed by atoms with van der Waals surface area (Å²) in [6.07, 6.45) is 7.45. The molecule has 0 aromatic carbocycles. The van der Waals surface area contributed by atoms with Crippen LogP contribution in [-0.2, 0) is 9.53 Å². The van der Waals surface area contributed by atoms with Crippen LogP contribution < -0.4 is 0 Å². The third-order valence-electron chi connectivity index (χ3n) is 4.69. The van der Waals surface area contributed by atoms with Crippen LogP contribution in [-0.4, -0.2) is 47.6 Å². The van der Waals surface area contributed by atoms with E-state index in [0.29, 0.717) is 6.04 Å². The Kier molecular flexibility index (Phi) is 5.52. The van der Waals surface area contributed by atoms with Crippen molar-refractivity contribution in [3.63, 3.8) is 0 Å². The quantitative estimate of drug-likeness (QED) is 0.789. The van der Waals surface area contributed by atoms with E-state index in [2.05, 4.69) is 4.90 Å². The average molecular weight is 330 g/mol. The van der Waals surface area contributed by atoms with Gasteiger partial charge in [-0.15, -0.1) is 0 Å². The zero-order valence-corrected chi connectivity index (χ0v) is 14.1. The van der Waals surface area contributed by atoms with Gasteiger partial charge in [0, 0.05) is 35.6 Å². The molecule has 3 aliphatic rings. The molecule has 2 heterocycles. The third-order valence-corrected chi connectivity index (χ3v) is 6.25. The van der Waals surface area contributed by atoms with Crippen LogP contribution in [0.1, 0.15) is 44.9 Å². The number of amides is 1. The minimum absolute atomic E-state index is 0.183. The largest absolute Gasteiger partial charge is 0.376 e. The number of hydrogen-bond donors (Lipinski definition) is 0. The third kappa shape index (κ3) is 3.77. The highest BCUT2D eigenvalue weighted by atomic mass is 35.5. The summed E-state index contributed by atoms with van der Waals surface area (Å²) in [5.74, 6) is 2.40. The van der Waals surface area contributed by atoms with Crippen molar-refractivity contribution in [2.45, 2.75) is 57.1 Å². The van der Waals surface area contributed by atoms with E-state index in [-0.39, 0.29) is 12.0 Å². The normalized spacial score (nSPS) is 30.0. The molecule has 21 heavy (non-hydrogen) atoms. The van der Waals surface area contributed by atoms with Crippen molar-refractivity contribution in [1.29, 1.82) is 0 Å². The van der Waals surface area contributed by atoms with E-state index >= 15 is 0 Å². The number of carbonyl (C=O) groups excluding carboxylic acids is 1. The number of rotatable bonds is 4. The molecule has 1 aliphatic carbocycles. The Morgan fingerprint density at radius 3 is 2.81 bits per heavy atom. The van der Waals surface area contributed by atoms with Crippen LogP contribution in [0.5, 0.6) is 0 Å². The van der Waals surface area contributed by atoms with Crippen LogP contribution in [0.2, 0.25) is 0 Å². The number of carbonyl (C=O) groups is 1. The van der Waals surface area contributed by atoms with Gasteiger partial charge in [-0.3, -0.25) is 4.79 Å². The maximum atomic E-state index is 13.0. The monoisotopic (exact) mass is 329 g/mol. The molecule has 0 spiro atoms. The average Bonchev–Trinajstić information content (AvgIpc) is 3.18. The van der Waals surface area contributed by atoms with Crippen LogP contribution >= 0.6 is 23.4 Å². The lowest BCUT2D eigenvalue weighted by atomic mass is 9.97. The summed E-state index contributed by atoms with van der Waals surface area (Å²) in [5, 5.41) is 0.800. The highest BCUT2D eigenvalue weighted by Crippen LogP contribution is 2.32.